The third-order valence-corrected chi connectivity index (χ3v) is 3.15. The molecule has 1 N–H and O–H groups in total. The minimum atomic E-state index is 0.396. The van der Waals surface area contributed by atoms with Crippen molar-refractivity contribution in [3.63, 3.8) is 0 Å². The third-order valence-electron chi connectivity index (χ3n) is 3.15. The van der Waals surface area contributed by atoms with Crippen LogP contribution in [0, 0.1) is 6.92 Å². The van der Waals surface area contributed by atoms with E-state index in [1.165, 1.54) is 18.4 Å². The highest BCUT2D eigenvalue weighted by Crippen LogP contribution is 2.28. The van der Waals surface area contributed by atoms with Gasteiger partial charge in [0.15, 0.2) is 0 Å². The second kappa shape index (κ2) is 7.16. The van der Waals surface area contributed by atoms with E-state index in [1.807, 2.05) is 13.0 Å². The van der Waals surface area contributed by atoms with Gasteiger partial charge in [-0.15, -0.1) is 0 Å². The molecule has 0 fully saturated rings. The molecule has 1 atom stereocenters. The molecule has 0 saturated heterocycles. The molecule has 0 spiro atoms. The second-order valence-electron chi connectivity index (χ2n) is 4.65. The minimum absolute atomic E-state index is 0.396. The molecule has 0 aliphatic carbocycles. The van der Waals surface area contributed by atoms with E-state index in [2.05, 4.69) is 38.1 Å². The van der Waals surface area contributed by atoms with Gasteiger partial charge < -0.3 is 5.11 Å². The zero-order chi connectivity index (χ0) is 12.7. The SMILES string of the molecule is CC/C=C\CC(CCC)c1ccc(O)c(C)c1. The highest BCUT2D eigenvalue weighted by atomic mass is 16.3. The number of hydrogen-bond donors (Lipinski definition) is 1. The average molecular weight is 232 g/mol. The molecule has 94 valence electrons. The molecule has 0 aliphatic rings. The first-order chi connectivity index (χ1) is 8.19. The quantitative estimate of drug-likeness (QED) is 0.689. The van der Waals surface area contributed by atoms with E-state index in [1.54, 1.807) is 0 Å². The zero-order valence-corrected chi connectivity index (χ0v) is 11.2. The van der Waals surface area contributed by atoms with E-state index in [4.69, 9.17) is 0 Å². The van der Waals surface area contributed by atoms with Crippen LogP contribution in [0.3, 0.4) is 0 Å². The van der Waals surface area contributed by atoms with Crippen LogP contribution >= 0.6 is 0 Å². The zero-order valence-electron chi connectivity index (χ0n) is 11.2. The molecule has 0 saturated carbocycles. The standard InChI is InChI=1S/C16H24O/c1-4-6-7-9-14(8-5-2)15-10-11-16(17)13(3)12-15/h6-7,10-12,14,17H,4-5,8-9H2,1-3H3/b7-6-. The van der Waals surface area contributed by atoms with Crippen LogP contribution in [0.2, 0.25) is 0 Å². The van der Waals surface area contributed by atoms with Crippen LogP contribution in [-0.4, -0.2) is 5.11 Å². The predicted molar refractivity (Wildman–Crippen MR) is 74.5 cm³/mol. The van der Waals surface area contributed by atoms with Gasteiger partial charge in [-0.25, -0.2) is 0 Å². The van der Waals surface area contributed by atoms with Crippen LogP contribution in [0.4, 0.5) is 0 Å². The molecule has 0 heterocycles. The maximum Gasteiger partial charge on any atom is 0.118 e. The van der Waals surface area contributed by atoms with Gasteiger partial charge in [0.25, 0.3) is 0 Å². The van der Waals surface area contributed by atoms with Gasteiger partial charge in [0.1, 0.15) is 5.75 Å². The number of phenolic OH excluding ortho intramolecular Hbond substituents is 1. The number of hydrogen-bond acceptors (Lipinski definition) is 1. The molecule has 1 nitrogen and oxygen atoms in total. The van der Waals surface area contributed by atoms with E-state index in [-0.39, 0.29) is 0 Å². The molecular formula is C16H24O. The molecule has 1 unspecified atom stereocenters. The predicted octanol–water partition coefficient (Wildman–Crippen LogP) is 4.94. The van der Waals surface area contributed by atoms with Crippen LogP contribution in [0.25, 0.3) is 0 Å². The maximum atomic E-state index is 9.56. The summed E-state index contributed by atoms with van der Waals surface area (Å²) >= 11 is 0. The minimum Gasteiger partial charge on any atom is -0.508 e. The van der Waals surface area contributed by atoms with Crippen molar-refractivity contribution in [2.24, 2.45) is 0 Å². The van der Waals surface area contributed by atoms with Gasteiger partial charge in [-0.05, 0) is 49.3 Å². The molecule has 0 aromatic heterocycles. The van der Waals surface area contributed by atoms with Crippen molar-refractivity contribution in [1.82, 2.24) is 0 Å². The fourth-order valence-electron chi connectivity index (χ4n) is 2.13. The van der Waals surface area contributed by atoms with Crippen molar-refractivity contribution < 1.29 is 5.11 Å². The number of benzene rings is 1. The summed E-state index contributed by atoms with van der Waals surface area (Å²) in [5.74, 6) is 0.982. The van der Waals surface area contributed by atoms with Crippen molar-refractivity contribution in [2.45, 2.75) is 52.4 Å². The van der Waals surface area contributed by atoms with Gasteiger partial charge in [0, 0.05) is 0 Å². The Bertz CT molecular complexity index is 366. The Kier molecular flexibility index (Phi) is 5.82. The van der Waals surface area contributed by atoms with Crippen molar-refractivity contribution in [3.8, 4) is 5.75 Å². The highest BCUT2D eigenvalue weighted by molar-refractivity contribution is 5.36. The Hall–Kier alpha value is -1.24. The lowest BCUT2D eigenvalue weighted by Gasteiger charge is -2.15. The highest BCUT2D eigenvalue weighted by Gasteiger charge is 2.10. The maximum absolute atomic E-state index is 9.56. The Balaban J connectivity index is 2.81. The summed E-state index contributed by atoms with van der Waals surface area (Å²) < 4.78 is 0. The Morgan fingerprint density at radius 3 is 2.59 bits per heavy atom. The lowest BCUT2D eigenvalue weighted by molar-refractivity contribution is 0.470. The first-order valence-corrected chi connectivity index (χ1v) is 6.63. The van der Waals surface area contributed by atoms with Gasteiger partial charge >= 0.3 is 0 Å². The average Bonchev–Trinajstić information content (AvgIpc) is 2.32. The fraction of sp³-hybridized carbons (Fsp3) is 0.500. The molecule has 1 aromatic rings. The van der Waals surface area contributed by atoms with Crippen molar-refractivity contribution in [2.75, 3.05) is 0 Å². The van der Waals surface area contributed by atoms with Crippen molar-refractivity contribution in [3.05, 3.63) is 41.5 Å². The second-order valence-corrected chi connectivity index (χ2v) is 4.65. The summed E-state index contributed by atoms with van der Waals surface area (Å²) in [7, 11) is 0. The van der Waals surface area contributed by atoms with E-state index in [0.29, 0.717) is 11.7 Å². The summed E-state index contributed by atoms with van der Waals surface area (Å²) in [4.78, 5) is 0. The summed E-state index contributed by atoms with van der Waals surface area (Å²) in [5.41, 5.74) is 2.32. The van der Waals surface area contributed by atoms with E-state index in [0.717, 1.165) is 18.4 Å². The Labute approximate surface area is 105 Å². The normalized spacial score (nSPS) is 13.1. The Morgan fingerprint density at radius 2 is 2.00 bits per heavy atom. The Morgan fingerprint density at radius 1 is 1.24 bits per heavy atom. The topological polar surface area (TPSA) is 20.2 Å². The van der Waals surface area contributed by atoms with Crippen molar-refractivity contribution >= 4 is 0 Å². The number of aromatic hydroxyl groups is 1. The first kappa shape index (κ1) is 13.8. The molecule has 0 bridgehead atoms. The fourth-order valence-corrected chi connectivity index (χ4v) is 2.13. The third kappa shape index (κ3) is 4.26. The summed E-state index contributed by atoms with van der Waals surface area (Å²) in [6, 6.07) is 5.99. The van der Waals surface area contributed by atoms with Crippen LogP contribution in [-0.2, 0) is 0 Å². The smallest absolute Gasteiger partial charge is 0.118 e. The number of allylic oxidation sites excluding steroid dienone is 2. The number of phenols is 1. The van der Waals surface area contributed by atoms with Crippen LogP contribution in [0.1, 0.15) is 56.6 Å². The van der Waals surface area contributed by atoms with Gasteiger partial charge in [-0.1, -0.05) is 44.6 Å². The van der Waals surface area contributed by atoms with Crippen molar-refractivity contribution in [1.29, 1.82) is 0 Å². The van der Waals surface area contributed by atoms with Crippen LogP contribution in [0.15, 0.2) is 30.4 Å². The molecule has 17 heavy (non-hydrogen) atoms. The summed E-state index contributed by atoms with van der Waals surface area (Å²) in [6.07, 6.45) is 9.13. The molecule has 0 aliphatic heterocycles. The lowest BCUT2D eigenvalue weighted by Crippen LogP contribution is -1.98. The molecule has 1 rings (SSSR count). The summed E-state index contributed by atoms with van der Waals surface area (Å²) in [6.45, 7) is 6.35. The van der Waals surface area contributed by atoms with Gasteiger partial charge in [0.05, 0.1) is 0 Å². The van der Waals surface area contributed by atoms with E-state index >= 15 is 0 Å². The van der Waals surface area contributed by atoms with Gasteiger partial charge in [-0.2, -0.15) is 0 Å². The van der Waals surface area contributed by atoms with E-state index < -0.39 is 0 Å². The van der Waals surface area contributed by atoms with Crippen LogP contribution < -0.4 is 0 Å². The molecule has 0 radical (unpaired) electrons. The molecule has 0 amide bonds. The lowest BCUT2D eigenvalue weighted by atomic mass is 9.90. The van der Waals surface area contributed by atoms with Crippen LogP contribution in [0.5, 0.6) is 5.75 Å². The van der Waals surface area contributed by atoms with Gasteiger partial charge in [-0.3, -0.25) is 0 Å². The number of rotatable bonds is 6. The largest absolute Gasteiger partial charge is 0.508 e. The van der Waals surface area contributed by atoms with E-state index in [9.17, 15) is 5.11 Å². The molecule has 1 aromatic carbocycles. The molecular weight excluding hydrogens is 208 g/mol. The summed E-state index contributed by atoms with van der Waals surface area (Å²) in [5, 5.41) is 9.56. The first-order valence-electron chi connectivity index (χ1n) is 6.63. The monoisotopic (exact) mass is 232 g/mol. The number of aryl methyl sites for hydroxylation is 1. The van der Waals surface area contributed by atoms with Gasteiger partial charge in [0.2, 0.25) is 0 Å². The molecule has 1 heteroatoms.